The molecule has 0 aliphatic carbocycles. The van der Waals surface area contributed by atoms with Crippen LogP contribution in [0.2, 0.25) is 0 Å². The van der Waals surface area contributed by atoms with Gasteiger partial charge in [0.15, 0.2) is 0 Å². The molecule has 20 heavy (non-hydrogen) atoms. The molecule has 1 aliphatic rings. The zero-order chi connectivity index (χ0) is 14.9. The monoisotopic (exact) mass is 286 g/mol. The molecule has 1 aromatic rings. The molecule has 0 radical (unpaired) electrons. The maximum atomic E-state index is 12.9. The fourth-order valence-corrected chi connectivity index (χ4v) is 2.54. The van der Waals surface area contributed by atoms with Crippen LogP contribution in [0.3, 0.4) is 0 Å². The lowest BCUT2D eigenvalue weighted by molar-refractivity contribution is -0.137. The molecule has 1 amide bonds. The molecule has 1 unspecified atom stereocenters. The highest BCUT2D eigenvalue weighted by atomic mass is 19.4. The van der Waals surface area contributed by atoms with E-state index in [0.29, 0.717) is 5.56 Å². The molecule has 1 heterocycles. The molecule has 3 nitrogen and oxygen atoms in total. The van der Waals surface area contributed by atoms with E-state index in [1.54, 1.807) is 0 Å². The molecule has 0 saturated carbocycles. The predicted octanol–water partition coefficient (Wildman–Crippen LogP) is 2.96. The number of nitrogens with two attached hydrogens (primary N) is 1. The van der Waals surface area contributed by atoms with Gasteiger partial charge < -0.3 is 5.73 Å². The van der Waals surface area contributed by atoms with Crippen molar-refractivity contribution in [3.8, 4) is 0 Å². The Hall–Kier alpha value is -1.56. The summed E-state index contributed by atoms with van der Waals surface area (Å²) >= 11 is 0. The molecule has 1 aliphatic heterocycles. The maximum Gasteiger partial charge on any atom is 0.416 e. The molecule has 2 N–H and O–H groups in total. The van der Waals surface area contributed by atoms with Gasteiger partial charge >= 0.3 is 6.18 Å². The number of rotatable bonds is 3. The van der Waals surface area contributed by atoms with Gasteiger partial charge in [-0.1, -0.05) is 0 Å². The average molecular weight is 286 g/mol. The normalized spacial score (nSPS) is 18.2. The van der Waals surface area contributed by atoms with Crippen LogP contribution in [0.5, 0.6) is 0 Å². The van der Waals surface area contributed by atoms with E-state index in [0.717, 1.165) is 38.1 Å². The lowest BCUT2D eigenvalue weighted by atomic mass is 9.99. The van der Waals surface area contributed by atoms with Crippen molar-refractivity contribution < 1.29 is 18.0 Å². The minimum absolute atomic E-state index is 0.0964. The van der Waals surface area contributed by atoms with E-state index in [2.05, 4.69) is 4.90 Å². The lowest BCUT2D eigenvalue weighted by Crippen LogP contribution is -2.24. The second-order valence-corrected chi connectivity index (χ2v) is 5.12. The Balaban J connectivity index is 2.41. The van der Waals surface area contributed by atoms with E-state index >= 15 is 0 Å². The summed E-state index contributed by atoms with van der Waals surface area (Å²) in [5.41, 5.74) is 4.69. The fourth-order valence-electron chi connectivity index (χ4n) is 2.54. The largest absolute Gasteiger partial charge is 0.416 e. The van der Waals surface area contributed by atoms with Gasteiger partial charge in [-0.15, -0.1) is 0 Å². The average Bonchev–Trinajstić information content (AvgIpc) is 2.90. The minimum Gasteiger partial charge on any atom is -0.366 e. The van der Waals surface area contributed by atoms with Crippen molar-refractivity contribution in [3.05, 3.63) is 34.9 Å². The number of benzene rings is 1. The molecule has 0 bridgehead atoms. The Morgan fingerprint density at radius 3 is 2.35 bits per heavy atom. The van der Waals surface area contributed by atoms with Crippen LogP contribution in [-0.2, 0) is 6.18 Å². The number of amides is 1. The van der Waals surface area contributed by atoms with E-state index in [1.807, 2.05) is 6.92 Å². The second-order valence-electron chi connectivity index (χ2n) is 5.12. The molecule has 0 spiro atoms. The summed E-state index contributed by atoms with van der Waals surface area (Å²) in [4.78, 5) is 13.3. The zero-order valence-corrected chi connectivity index (χ0v) is 11.2. The van der Waals surface area contributed by atoms with Crippen molar-refractivity contribution in [1.29, 1.82) is 0 Å². The van der Waals surface area contributed by atoms with Gasteiger partial charge in [0, 0.05) is 11.6 Å². The Labute approximate surface area is 115 Å². The smallest absolute Gasteiger partial charge is 0.366 e. The number of alkyl halides is 3. The van der Waals surface area contributed by atoms with Crippen molar-refractivity contribution in [2.45, 2.75) is 32.0 Å². The molecule has 1 saturated heterocycles. The molecule has 6 heteroatoms. The zero-order valence-electron chi connectivity index (χ0n) is 11.2. The second kappa shape index (κ2) is 5.44. The highest BCUT2D eigenvalue weighted by Crippen LogP contribution is 2.33. The molecule has 110 valence electrons. The van der Waals surface area contributed by atoms with Crippen LogP contribution in [0.4, 0.5) is 13.2 Å². The summed E-state index contributed by atoms with van der Waals surface area (Å²) in [5, 5.41) is 0. The van der Waals surface area contributed by atoms with Crippen LogP contribution in [0.1, 0.15) is 47.3 Å². The van der Waals surface area contributed by atoms with Crippen molar-refractivity contribution in [3.63, 3.8) is 0 Å². The molecular weight excluding hydrogens is 269 g/mol. The molecule has 1 atom stereocenters. The lowest BCUT2D eigenvalue weighted by Gasteiger charge is -2.25. The predicted molar refractivity (Wildman–Crippen MR) is 69.2 cm³/mol. The van der Waals surface area contributed by atoms with Crippen molar-refractivity contribution in [1.82, 2.24) is 4.90 Å². The first kappa shape index (κ1) is 14.8. The summed E-state index contributed by atoms with van der Waals surface area (Å²) in [7, 11) is 0. The summed E-state index contributed by atoms with van der Waals surface area (Å²) in [6.07, 6.45) is -2.39. The maximum absolute atomic E-state index is 12.9. The molecule has 0 aromatic heterocycles. The third-order valence-corrected chi connectivity index (χ3v) is 3.74. The third kappa shape index (κ3) is 3.12. The first-order chi connectivity index (χ1) is 9.29. The van der Waals surface area contributed by atoms with Crippen LogP contribution >= 0.6 is 0 Å². The number of carbonyl (C=O) groups is 1. The van der Waals surface area contributed by atoms with Gasteiger partial charge in [0.25, 0.3) is 0 Å². The molecule has 1 fully saturated rings. The first-order valence-corrected chi connectivity index (χ1v) is 6.55. The number of likely N-dealkylation sites (tertiary alicyclic amines) is 1. The Morgan fingerprint density at radius 1 is 1.25 bits per heavy atom. The van der Waals surface area contributed by atoms with Crippen molar-refractivity contribution in [2.24, 2.45) is 5.73 Å². The number of carbonyl (C=O) groups excluding carboxylic acids is 1. The highest BCUT2D eigenvalue weighted by Gasteiger charge is 2.32. The van der Waals surface area contributed by atoms with Crippen molar-refractivity contribution >= 4 is 5.91 Å². The number of halogens is 3. The van der Waals surface area contributed by atoms with Crippen LogP contribution < -0.4 is 5.73 Å². The van der Waals surface area contributed by atoms with Gasteiger partial charge in [-0.2, -0.15) is 13.2 Å². The van der Waals surface area contributed by atoms with Gasteiger partial charge in [-0.25, -0.2) is 0 Å². The number of nitrogens with zero attached hydrogens (tertiary/aromatic N) is 1. The summed E-state index contributed by atoms with van der Waals surface area (Å²) in [5.74, 6) is -0.842. The first-order valence-electron chi connectivity index (χ1n) is 6.55. The third-order valence-electron chi connectivity index (χ3n) is 3.74. The van der Waals surface area contributed by atoms with Gasteiger partial charge in [0.1, 0.15) is 0 Å². The van der Waals surface area contributed by atoms with E-state index in [4.69, 9.17) is 5.73 Å². The Morgan fingerprint density at radius 2 is 1.85 bits per heavy atom. The van der Waals surface area contributed by atoms with Gasteiger partial charge in [-0.3, -0.25) is 9.69 Å². The van der Waals surface area contributed by atoms with Gasteiger partial charge in [0.05, 0.1) is 5.56 Å². The van der Waals surface area contributed by atoms with Crippen LogP contribution in [-0.4, -0.2) is 23.9 Å². The quantitative estimate of drug-likeness (QED) is 0.928. The van der Waals surface area contributed by atoms with Gasteiger partial charge in [0.2, 0.25) is 5.91 Å². The van der Waals surface area contributed by atoms with Crippen LogP contribution in [0.25, 0.3) is 0 Å². The molecular formula is C14H17F3N2O. The summed E-state index contributed by atoms with van der Waals surface area (Å²) < 4.78 is 38.7. The SMILES string of the molecule is CC(c1cc(C(N)=O)cc(C(F)(F)F)c1)N1CCCC1. The van der Waals surface area contributed by atoms with E-state index in [9.17, 15) is 18.0 Å². The number of hydrogen-bond acceptors (Lipinski definition) is 2. The minimum atomic E-state index is -4.48. The Kier molecular flexibility index (Phi) is 4.04. The number of hydrogen-bond donors (Lipinski definition) is 1. The highest BCUT2D eigenvalue weighted by molar-refractivity contribution is 5.93. The van der Waals surface area contributed by atoms with E-state index in [1.165, 1.54) is 6.07 Å². The van der Waals surface area contributed by atoms with E-state index in [-0.39, 0.29) is 11.6 Å². The van der Waals surface area contributed by atoms with Gasteiger partial charge in [-0.05, 0) is 56.6 Å². The summed E-state index contributed by atoms with van der Waals surface area (Å²) in [6, 6.07) is 3.22. The van der Waals surface area contributed by atoms with E-state index < -0.39 is 17.6 Å². The Bertz CT molecular complexity index is 508. The van der Waals surface area contributed by atoms with Crippen LogP contribution in [0, 0.1) is 0 Å². The summed E-state index contributed by atoms with van der Waals surface area (Å²) in [6.45, 7) is 3.58. The van der Waals surface area contributed by atoms with Crippen molar-refractivity contribution in [2.75, 3.05) is 13.1 Å². The molecule has 1 aromatic carbocycles. The standard InChI is InChI=1S/C14H17F3N2O/c1-9(19-4-2-3-5-19)10-6-11(13(18)20)8-12(7-10)14(15,16)17/h6-9H,2-5H2,1H3,(H2,18,20). The fraction of sp³-hybridized carbons (Fsp3) is 0.500. The number of primary amides is 1. The topological polar surface area (TPSA) is 46.3 Å². The van der Waals surface area contributed by atoms with Crippen LogP contribution in [0.15, 0.2) is 18.2 Å². The molecule has 2 rings (SSSR count).